The van der Waals surface area contributed by atoms with Crippen molar-refractivity contribution in [2.24, 2.45) is 0 Å². The van der Waals surface area contributed by atoms with Crippen LogP contribution in [0.5, 0.6) is 0 Å². The summed E-state index contributed by atoms with van der Waals surface area (Å²) in [4.78, 5) is 2.32. The Balaban J connectivity index is 2.10. The van der Waals surface area contributed by atoms with E-state index < -0.39 is 0 Å². The first kappa shape index (κ1) is 11.1. The lowest BCUT2D eigenvalue weighted by molar-refractivity contribution is 0.623. The van der Waals surface area contributed by atoms with Gasteiger partial charge in [0, 0.05) is 14.8 Å². The van der Waals surface area contributed by atoms with Crippen molar-refractivity contribution in [2.45, 2.75) is 22.6 Å². The standard InChI is InChI=1S/C14H10ClFS/c15-12-2-1-3-14-11(12)6-4-9-8-10(16)5-7-13(9)17-14/h1-3,5,7-8H,4,6H2. The van der Waals surface area contributed by atoms with Gasteiger partial charge in [-0.25, -0.2) is 4.39 Å². The SMILES string of the molecule is Fc1ccc2c(c1)CCc1c(Cl)cccc1S2. The molecule has 1 aliphatic rings. The highest BCUT2D eigenvalue weighted by molar-refractivity contribution is 7.99. The van der Waals surface area contributed by atoms with Crippen molar-refractivity contribution in [1.29, 1.82) is 0 Å². The van der Waals surface area contributed by atoms with Crippen molar-refractivity contribution in [3.05, 3.63) is 58.4 Å². The van der Waals surface area contributed by atoms with Crippen molar-refractivity contribution in [1.82, 2.24) is 0 Å². The molecule has 0 unspecified atom stereocenters. The molecule has 86 valence electrons. The topological polar surface area (TPSA) is 0 Å². The number of benzene rings is 2. The second kappa shape index (κ2) is 4.35. The van der Waals surface area contributed by atoms with Gasteiger partial charge in [-0.3, -0.25) is 0 Å². The minimum absolute atomic E-state index is 0.165. The third-order valence-electron chi connectivity index (χ3n) is 2.96. The van der Waals surface area contributed by atoms with E-state index in [0.717, 1.165) is 28.3 Å². The normalized spacial score (nSPS) is 13.8. The van der Waals surface area contributed by atoms with Gasteiger partial charge in [-0.2, -0.15) is 0 Å². The Morgan fingerprint density at radius 1 is 1.06 bits per heavy atom. The lowest BCUT2D eigenvalue weighted by Crippen LogP contribution is -1.92. The average molecular weight is 265 g/mol. The Hall–Kier alpha value is -0.990. The summed E-state index contributed by atoms with van der Waals surface area (Å²) in [5, 5.41) is 0.809. The second-order valence-electron chi connectivity index (χ2n) is 4.07. The van der Waals surface area contributed by atoms with Gasteiger partial charge < -0.3 is 0 Å². The molecular formula is C14H10ClFS. The van der Waals surface area contributed by atoms with Crippen molar-refractivity contribution >= 4 is 23.4 Å². The molecule has 0 nitrogen and oxygen atoms in total. The molecule has 0 saturated heterocycles. The summed E-state index contributed by atoms with van der Waals surface area (Å²) in [6, 6.07) is 10.9. The van der Waals surface area contributed by atoms with Gasteiger partial charge in [0.05, 0.1) is 0 Å². The van der Waals surface area contributed by atoms with Crippen LogP contribution in [0.2, 0.25) is 5.02 Å². The monoisotopic (exact) mass is 264 g/mol. The Morgan fingerprint density at radius 3 is 2.82 bits per heavy atom. The molecule has 1 aliphatic heterocycles. The zero-order chi connectivity index (χ0) is 11.8. The number of aryl methyl sites for hydroxylation is 1. The quantitative estimate of drug-likeness (QED) is 0.663. The van der Waals surface area contributed by atoms with Gasteiger partial charge in [-0.15, -0.1) is 0 Å². The number of halogens is 2. The molecule has 0 fully saturated rings. The van der Waals surface area contributed by atoms with E-state index in [2.05, 4.69) is 6.07 Å². The van der Waals surface area contributed by atoms with E-state index in [1.807, 2.05) is 18.2 Å². The van der Waals surface area contributed by atoms with E-state index in [1.54, 1.807) is 17.8 Å². The van der Waals surface area contributed by atoms with Crippen LogP contribution in [0.15, 0.2) is 46.2 Å². The van der Waals surface area contributed by atoms with Crippen molar-refractivity contribution in [3.8, 4) is 0 Å². The number of rotatable bonds is 0. The Morgan fingerprint density at radius 2 is 1.94 bits per heavy atom. The highest BCUT2D eigenvalue weighted by Gasteiger charge is 2.16. The van der Waals surface area contributed by atoms with Crippen LogP contribution < -0.4 is 0 Å². The van der Waals surface area contributed by atoms with Crippen LogP contribution >= 0.6 is 23.4 Å². The summed E-state index contributed by atoms with van der Waals surface area (Å²) in [5.74, 6) is -0.165. The third kappa shape index (κ3) is 2.07. The van der Waals surface area contributed by atoms with Crippen LogP contribution in [0.25, 0.3) is 0 Å². The van der Waals surface area contributed by atoms with E-state index in [0.29, 0.717) is 0 Å². The van der Waals surface area contributed by atoms with E-state index in [9.17, 15) is 4.39 Å². The lowest BCUT2D eigenvalue weighted by Gasteiger charge is -2.06. The molecule has 0 saturated carbocycles. The van der Waals surface area contributed by atoms with Gasteiger partial charge in [-0.1, -0.05) is 29.4 Å². The maximum Gasteiger partial charge on any atom is 0.123 e. The van der Waals surface area contributed by atoms with Crippen molar-refractivity contribution in [2.75, 3.05) is 0 Å². The van der Waals surface area contributed by atoms with Gasteiger partial charge >= 0.3 is 0 Å². The van der Waals surface area contributed by atoms with Gasteiger partial charge in [0.2, 0.25) is 0 Å². The third-order valence-corrected chi connectivity index (χ3v) is 4.54. The molecule has 1 heterocycles. The average Bonchev–Trinajstić information content (AvgIpc) is 2.49. The summed E-state index contributed by atoms with van der Waals surface area (Å²) >= 11 is 7.88. The molecule has 17 heavy (non-hydrogen) atoms. The van der Waals surface area contributed by atoms with E-state index >= 15 is 0 Å². The molecule has 0 atom stereocenters. The summed E-state index contributed by atoms with van der Waals surface area (Å²) in [6.45, 7) is 0. The van der Waals surface area contributed by atoms with Crippen LogP contribution in [-0.2, 0) is 12.8 Å². The molecule has 0 bridgehead atoms. The first-order valence-electron chi connectivity index (χ1n) is 5.48. The van der Waals surface area contributed by atoms with Crippen LogP contribution in [0, 0.1) is 5.82 Å². The first-order chi connectivity index (χ1) is 8.24. The summed E-state index contributed by atoms with van der Waals surface area (Å²) < 4.78 is 13.2. The van der Waals surface area contributed by atoms with Gasteiger partial charge in [0.1, 0.15) is 5.82 Å². The van der Waals surface area contributed by atoms with E-state index in [-0.39, 0.29) is 5.82 Å². The molecule has 3 heteroatoms. The molecule has 0 radical (unpaired) electrons. The predicted molar refractivity (Wildman–Crippen MR) is 69.4 cm³/mol. The lowest BCUT2D eigenvalue weighted by atomic mass is 10.0. The largest absolute Gasteiger partial charge is 0.207 e. The summed E-state index contributed by atoms with van der Waals surface area (Å²) in [6.07, 6.45) is 1.72. The number of fused-ring (bicyclic) bond motifs is 2. The smallest absolute Gasteiger partial charge is 0.123 e. The molecule has 0 aromatic heterocycles. The second-order valence-corrected chi connectivity index (χ2v) is 5.56. The minimum atomic E-state index is -0.165. The van der Waals surface area contributed by atoms with E-state index in [1.165, 1.54) is 16.5 Å². The molecule has 0 amide bonds. The fourth-order valence-corrected chi connectivity index (χ4v) is 3.57. The van der Waals surface area contributed by atoms with Crippen LogP contribution in [0.1, 0.15) is 11.1 Å². The number of hydrogen-bond acceptors (Lipinski definition) is 1. The van der Waals surface area contributed by atoms with Crippen LogP contribution in [0.4, 0.5) is 4.39 Å². The highest BCUT2D eigenvalue weighted by atomic mass is 35.5. The molecule has 0 aliphatic carbocycles. The summed E-state index contributed by atoms with van der Waals surface area (Å²) in [5.41, 5.74) is 2.25. The molecule has 2 aromatic carbocycles. The minimum Gasteiger partial charge on any atom is -0.207 e. The fraction of sp³-hybridized carbons (Fsp3) is 0.143. The van der Waals surface area contributed by atoms with Gasteiger partial charge in [0.25, 0.3) is 0 Å². The molecule has 2 aromatic rings. The Labute approximate surface area is 109 Å². The maximum atomic E-state index is 13.2. The fourth-order valence-electron chi connectivity index (χ4n) is 2.10. The maximum absolute atomic E-state index is 13.2. The molecule has 3 rings (SSSR count). The van der Waals surface area contributed by atoms with E-state index in [4.69, 9.17) is 11.6 Å². The zero-order valence-electron chi connectivity index (χ0n) is 9.04. The first-order valence-corrected chi connectivity index (χ1v) is 6.67. The van der Waals surface area contributed by atoms with Crippen molar-refractivity contribution in [3.63, 3.8) is 0 Å². The van der Waals surface area contributed by atoms with Crippen LogP contribution in [0.3, 0.4) is 0 Å². The molecule has 0 N–H and O–H groups in total. The van der Waals surface area contributed by atoms with Crippen LogP contribution in [-0.4, -0.2) is 0 Å². The van der Waals surface area contributed by atoms with Gasteiger partial charge in [0.15, 0.2) is 0 Å². The Bertz CT molecular complexity index is 580. The molecular weight excluding hydrogens is 255 g/mol. The summed E-state index contributed by atoms with van der Waals surface area (Å²) in [7, 11) is 0. The molecule has 0 spiro atoms. The number of hydrogen-bond donors (Lipinski definition) is 0. The van der Waals surface area contributed by atoms with Gasteiger partial charge in [-0.05, 0) is 54.3 Å². The highest BCUT2D eigenvalue weighted by Crippen LogP contribution is 2.39. The van der Waals surface area contributed by atoms with Crippen molar-refractivity contribution < 1.29 is 4.39 Å². The zero-order valence-corrected chi connectivity index (χ0v) is 10.6. The Kier molecular flexibility index (Phi) is 2.85. The predicted octanol–water partition coefficient (Wildman–Crippen LogP) is 4.73.